The molecule has 2 N–H and O–H groups in total. The van der Waals surface area contributed by atoms with Crippen molar-refractivity contribution >= 4 is 34.7 Å². The summed E-state index contributed by atoms with van der Waals surface area (Å²) in [6, 6.07) is 39.0. The lowest BCUT2D eigenvalue weighted by Gasteiger charge is -2.26. The molecule has 0 unspecified atom stereocenters. The van der Waals surface area contributed by atoms with Crippen molar-refractivity contribution < 1.29 is 10.2 Å². The molecule has 5 rings (SSSR count). The molecule has 0 spiro atoms. The second-order valence-electron chi connectivity index (χ2n) is 9.19. The van der Waals surface area contributed by atoms with E-state index in [1.54, 1.807) is 59.8 Å². The second-order valence-corrected chi connectivity index (χ2v) is 9.19. The van der Waals surface area contributed by atoms with Gasteiger partial charge >= 0.3 is 0 Å². The molecule has 0 atom stereocenters. The first kappa shape index (κ1) is 24.7. The van der Waals surface area contributed by atoms with Gasteiger partial charge in [-0.15, -0.1) is 0 Å². The van der Waals surface area contributed by atoms with E-state index in [9.17, 15) is 10.2 Å². The molecule has 0 saturated heterocycles. The first-order chi connectivity index (χ1) is 18.5. The summed E-state index contributed by atoms with van der Waals surface area (Å²) >= 11 is 0. The van der Waals surface area contributed by atoms with Gasteiger partial charge in [-0.3, -0.25) is 0 Å². The van der Waals surface area contributed by atoms with Gasteiger partial charge in [-0.25, -0.2) is 5.01 Å². The zero-order chi connectivity index (χ0) is 26.5. The lowest BCUT2D eigenvalue weighted by Crippen LogP contribution is -2.10. The number of hydrogen-bond donors (Lipinski definition) is 2. The van der Waals surface area contributed by atoms with Crippen LogP contribution in [-0.2, 0) is 0 Å². The van der Waals surface area contributed by atoms with Crippen LogP contribution in [0.2, 0.25) is 0 Å². The van der Waals surface area contributed by atoms with Crippen LogP contribution in [0.25, 0.3) is 0 Å². The molecule has 0 aliphatic carbocycles. The maximum absolute atomic E-state index is 9.72. The predicted molar refractivity (Wildman–Crippen MR) is 157 cm³/mol. The summed E-state index contributed by atoms with van der Waals surface area (Å²) in [5.74, 6) is 0.372. The largest absolute Gasteiger partial charge is 0.508 e. The van der Waals surface area contributed by atoms with Crippen LogP contribution in [0.5, 0.6) is 11.5 Å². The average Bonchev–Trinajstić information content (AvgIpc) is 2.94. The van der Waals surface area contributed by atoms with Gasteiger partial charge in [0.1, 0.15) is 11.5 Å². The molecule has 0 aliphatic rings. The summed E-state index contributed by atoms with van der Waals surface area (Å²) < 4.78 is 0. The number of nitrogens with zero attached hydrogens (tertiary/aromatic N) is 3. The molecule has 0 aliphatic heterocycles. The number of benzene rings is 5. The number of aryl methyl sites for hydroxylation is 2. The minimum atomic E-state index is 0.186. The van der Waals surface area contributed by atoms with Gasteiger partial charge < -0.3 is 15.1 Å². The van der Waals surface area contributed by atoms with E-state index in [1.807, 2.05) is 12.1 Å². The molecule has 5 aromatic rings. The molecule has 5 nitrogen and oxygen atoms in total. The first-order valence-electron chi connectivity index (χ1n) is 12.4. The Hall–Kier alpha value is -5.03. The Kier molecular flexibility index (Phi) is 7.09. The lowest BCUT2D eigenvalue weighted by molar-refractivity contribution is 0.475. The Morgan fingerprint density at radius 1 is 0.474 bits per heavy atom. The van der Waals surface area contributed by atoms with Crippen molar-refractivity contribution in [1.82, 2.24) is 0 Å². The van der Waals surface area contributed by atoms with E-state index in [0.29, 0.717) is 0 Å². The zero-order valence-corrected chi connectivity index (χ0v) is 21.4. The molecule has 5 aromatic carbocycles. The summed E-state index contributed by atoms with van der Waals surface area (Å²) in [6.07, 6.45) is 1.80. The predicted octanol–water partition coefficient (Wildman–Crippen LogP) is 8.36. The summed E-state index contributed by atoms with van der Waals surface area (Å²) in [4.78, 5) is 2.24. The van der Waals surface area contributed by atoms with E-state index in [2.05, 4.69) is 79.4 Å². The van der Waals surface area contributed by atoms with E-state index in [1.165, 1.54) is 11.1 Å². The maximum Gasteiger partial charge on any atom is 0.115 e. The van der Waals surface area contributed by atoms with Crippen molar-refractivity contribution in [2.45, 2.75) is 13.8 Å². The third-order valence-electron chi connectivity index (χ3n) is 6.25. The minimum Gasteiger partial charge on any atom is -0.508 e. The van der Waals surface area contributed by atoms with Crippen molar-refractivity contribution in [2.75, 3.05) is 9.91 Å². The highest BCUT2D eigenvalue weighted by Gasteiger charge is 2.13. The van der Waals surface area contributed by atoms with E-state index in [4.69, 9.17) is 5.10 Å². The van der Waals surface area contributed by atoms with Gasteiger partial charge in [-0.05, 0) is 104 Å². The lowest BCUT2D eigenvalue weighted by atomic mass is 10.1. The van der Waals surface area contributed by atoms with E-state index in [0.717, 1.165) is 34.0 Å². The van der Waals surface area contributed by atoms with Crippen LogP contribution in [0.15, 0.2) is 126 Å². The van der Waals surface area contributed by atoms with E-state index < -0.39 is 0 Å². The van der Waals surface area contributed by atoms with Gasteiger partial charge in [0.05, 0.1) is 17.6 Å². The van der Waals surface area contributed by atoms with Crippen molar-refractivity contribution in [3.8, 4) is 11.5 Å². The summed E-state index contributed by atoms with van der Waals surface area (Å²) in [5.41, 5.74) is 8.16. The van der Waals surface area contributed by atoms with Crippen molar-refractivity contribution in [3.05, 3.63) is 138 Å². The average molecular weight is 500 g/mol. The number of rotatable bonds is 7. The molecule has 0 fully saturated rings. The van der Waals surface area contributed by atoms with Gasteiger partial charge in [0.25, 0.3) is 0 Å². The Labute approximate surface area is 223 Å². The van der Waals surface area contributed by atoms with Gasteiger partial charge in [-0.1, -0.05) is 47.5 Å². The number of hydrogen-bond acceptors (Lipinski definition) is 5. The van der Waals surface area contributed by atoms with Crippen molar-refractivity contribution in [2.24, 2.45) is 5.10 Å². The summed E-state index contributed by atoms with van der Waals surface area (Å²) in [6.45, 7) is 4.18. The molecule has 0 aromatic heterocycles. The van der Waals surface area contributed by atoms with Crippen LogP contribution in [0.3, 0.4) is 0 Å². The Morgan fingerprint density at radius 3 is 1.21 bits per heavy atom. The molecule has 0 radical (unpaired) electrons. The van der Waals surface area contributed by atoms with Crippen molar-refractivity contribution in [1.29, 1.82) is 0 Å². The second kappa shape index (κ2) is 10.9. The molecule has 38 heavy (non-hydrogen) atoms. The van der Waals surface area contributed by atoms with E-state index in [-0.39, 0.29) is 11.5 Å². The fraction of sp³-hybridized carbons (Fsp3) is 0.0606. The number of hydrazone groups is 1. The fourth-order valence-corrected chi connectivity index (χ4v) is 4.14. The quantitative estimate of drug-likeness (QED) is 0.174. The van der Waals surface area contributed by atoms with Crippen LogP contribution in [-0.4, -0.2) is 16.4 Å². The standard InChI is InChI=1S/C33H29N3O2/c1-24-3-9-27(10-4-24)35(28-11-5-25(2)6-12-28)29-13-7-26(8-14-29)23-34-36(30-15-19-32(37)20-16-30)31-17-21-33(38)22-18-31/h3-23,37-38H,1-2H3/b34-23+. The smallest absolute Gasteiger partial charge is 0.115 e. The SMILES string of the molecule is Cc1ccc(N(c2ccc(C)cc2)c2ccc(/C=N/N(c3ccc(O)cc3)c3ccc(O)cc3)cc2)cc1. The fourth-order valence-electron chi connectivity index (χ4n) is 4.14. The van der Waals surface area contributed by atoms with Crippen LogP contribution >= 0.6 is 0 Å². The van der Waals surface area contributed by atoms with Crippen LogP contribution < -0.4 is 9.91 Å². The molecule has 0 amide bonds. The third kappa shape index (κ3) is 5.68. The maximum atomic E-state index is 9.72. The Morgan fingerprint density at radius 2 is 0.816 bits per heavy atom. The normalized spacial score (nSPS) is 11.0. The number of aromatic hydroxyl groups is 2. The molecule has 0 bridgehead atoms. The summed E-state index contributed by atoms with van der Waals surface area (Å²) in [5, 5.41) is 25.9. The monoisotopic (exact) mass is 499 g/mol. The molecule has 0 heterocycles. The van der Waals surface area contributed by atoms with Crippen molar-refractivity contribution in [3.63, 3.8) is 0 Å². The number of anilines is 5. The van der Waals surface area contributed by atoms with Crippen LogP contribution in [0.4, 0.5) is 28.4 Å². The first-order valence-corrected chi connectivity index (χ1v) is 12.4. The van der Waals surface area contributed by atoms with Gasteiger partial charge in [0.2, 0.25) is 0 Å². The topological polar surface area (TPSA) is 59.3 Å². The molecule has 188 valence electrons. The molecular weight excluding hydrogens is 470 g/mol. The summed E-state index contributed by atoms with van der Waals surface area (Å²) in [7, 11) is 0. The Bertz CT molecular complexity index is 1420. The Balaban J connectivity index is 1.46. The van der Waals surface area contributed by atoms with Crippen LogP contribution in [0, 0.1) is 13.8 Å². The van der Waals surface area contributed by atoms with Gasteiger partial charge in [0.15, 0.2) is 0 Å². The van der Waals surface area contributed by atoms with Gasteiger partial charge in [0, 0.05) is 17.1 Å². The molecular formula is C33H29N3O2. The molecule has 0 saturated carbocycles. The highest BCUT2D eigenvalue weighted by molar-refractivity contribution is 5.84. The third-order valence-corrected chi connectivity index (χ3v) is 6.25. The van der Waals surface area contributed by atoms with E-state index >= 15 is 0 Å². The zero-order valence-electron chi connectivity index (χ0n) is 21.4. The number of phenols is 2. The highest BCUT2D eigenvalue weighted by Crippen LogP contribution is 2.35. The highest BCUT2D eigenvalue weighted by atomic mass is 16.3. The van der Waals surface area contributed by atoms with Crippen LogP contribution in [0.1, 0.15) is 16.7 Å². The molecule has 5 heteroatoms. The minimum absolute atomic E-state index is 0.186. The van der Waals surface area contributed by atoms with Gasteiger partial charge in [-0.2, -0.15) is 5.10 Å². The number of phenolic OH excluding ortho intramolecular Hbond substituents is 2.